The van der Waals surface area contributed by atoms with E-state index < -0.39 is 85.1 Å². The van der Waals surface area contributed by atoms with Crippen LogP contribution < -0.4 is 10.6 Å². The quantitative estimate of drug-likeness (QED) is 0.577. The number of rotatable bonds is 3. The highest BCUT2D eigenvalue weighted by molar-refractivity contribution is 7.91. The van der Waals surface area contributed by atoms with Crippen molar-refractivity contribution in [3.05, 3.63) is 23.8 Å². The number of fused-ring (bicyclic) bond motifs is 1. The number of benzene rings is 1. The number of ether oxygens (including phenoxy) is 1. The lowest BCUT2D eigenvalue weighted by Gasteiger charge is -2.22. The van der Waals surface area contributed by atoms with E-state index in [2.05, 4.69) is 25.2 Å². The number of hydrogen-bond acceptors (Lipinski definition) is 8. The Bertz CT molecular complexity index is 1290. The summed E-state index contributed by atoms with van der Waals surface area (Å²) in [5.41, 5.74) is -2.41. The SMILES string of the molecule is CC(C)(C)OC(=O)N[C@H]1CS(=O)(=O)c2cc(F)c(-c3nnc(C(F)(F)C(F)(F)F)o3)cc2NC1=O. The Morgan fingerprint density at radius 2 is 1.80 bits per heavy atom. The molecule has 0 unspecified atom stereocenters. The molecule has 0 aliphatic carbocycles. The Balaban J connectivity index is 1.98. The van der Waals surface area contributed by atoms with Gasteiger partial charge in [0.15, 0.2) is 9.84 Å². The normalized spacial score (nSPS) is 18.3. The van der Waals surface area contributed by atoms with Crippen LogP contribution in [0.3, 0.4) is 0 Å². The summed E-state index contributed by atoms with van der Waals surface area (Å²) in [4.78, 5) is 23.8. The number of nitrogens with one attached hydrogen (secondary N) is 2. The van der Waals surface area contributed by atoms with Crippen molar-refractivity contribution in [1.29, 1.82) is 0 Å². The van der Waals surface area contributed by atoms with E-state index in [1.165, 1.54) is 20.8 Å². The molecule has 2 aromatic rings. The number of carbonyl (C=O) groups excluding carboxylic acids is 2. The Kier molecular flexibility index (Phi) is 6.29. The lowest BCUT2D eigenvalue weighted by Crippen LogP contribution is -2.48. The third-order valence-electron chi connectivity index (χ3n) is 4.34. The molecule has 10 nitrogen and oxygen atoms in total. The maximum atomic E-state index is 14.7. The molecule has 1 aromatic carbocycles. The molecule has 2 heterocycles. The highest BCUT2D eigenvalue weighted by Crippen LogP contribution is 2.44. The molecule has 1 atom stereocenters. The van der Waals surface area contributed by atoms with Gasteiger partial charge in [0, 0.05) is 0 Å². The first kappa shape index (κ1) is 26.2. The number of anilines is 1. The van der Waals surface area contributed by atoms with Gasteiger partial charge in [-0.2, -0.15) is 22.0 Å². The molecular weight excluding hydrogens is 514 g/mol. The van der Waals surface area contributed by atoms with Crippen molar-refractivity contribution in [3.8, 4) is 11.5 Å². The number of alkyl halides is 5. The van der Waals surface area contributed by atoms with Crippen molar-refractivity contribution >= 4 is 27.5 Å². The third-order valence-corrected chi connectivity index (χ3v) is 6.12. The zero-order valence-corrected chi connectivity index (χ0v) is 18.8. The van der Waals surface area contributed by atoms with Crippen LogP contribution in [0.15, 0.2) is 21.4 Å². The Morgan fingerprint density at radius 1 is 1.17 bits per heavy atom. The van der Waals surface area contributed by atoms with Gasteiger partial charge in [0.2, 0.25) is 5.91 Å². The highest BCUT2D eigenvalue weighted by Gasteiger charge is 2.63. The van der Waals surface area contributed by atoms with Gasteiger partial charge in [0.1, 0.15) is 17.5 Å². The summed E-state index contributed by atoms with van der Waals surface area (Å²) < 4.78 is 114. The lowest BCUT2D eigenvalue weighted by atomic mass is 10.1. The molecule has 0 saturated carbocycles. The van der Waals surface area contributed by atoms with Crippen molar-refractivity contribution < 1.29 is 53.5 Å². The van der Waals surface area contributed by atoms with Crippen LogP contribution in [0, 0.1) is 5.82 Å². The predicted octanol–water partition coefficient (Wildman–Crippen LogP) is 3.15. The first-order chi connectivity index (χ1) is 15.8. The second-order valence-electron chi connectivity index (χ2n) is 8.28. The van der Waals surface area contributed by atoms with E-state index in [4.69, 9.17) is 4.74 Å². The summed E-state index contributed by atoms with van der Waals surface area (Å²) in [6.07, 6.45) is -7.20. The van der Waals surface area contributed by atoms with Gasteiger partial charge in [-0.25, -0.2) is 17.6 Å². The largest absolute Gasteiger partial charge is 0.463 e. The topological polar surface area (TPSA) is 140 Å². The molecule has 0 spiro atoms. The molecule has 0 bridgehead atoms. The predicted molar refractivity (Wildman–Crippen MR) is 103 cm³/mol. The average Bonchev–Trinajstić information content (AvgIpc) is 3.13. The number of hydrogen-bond donors (Lipinski definition) is 2. The zero-order valence-electron chi connectivity index (χ0n) is 18.0. The van der Waals surface area contributed by atoms with E-state index in [9.17, 15) is 44.3 Å². The Hall–Kier alpha value is -3.37. The number of carbonyl (C=O) groups is 2. The molecule has 17 heteroatoms. The summed E-state index contributed by atoms with van der Waals surface area (Å²) in [5.74, 6) is -12.3. The molecule has 1 aliphatic rings. The first-order valence-corrected chi connectivity index (χ1v) is 11.1. The van der Waals surface area contributed by atoms with Crippen LogP contribution in [0.4, 0.5) is 36.8 Å². The van der Waals surface area contributed by atoms with Crippen LogP contribution in [-0.2, 0) is 25.3 Å². The zero-order chi connectivity index (χ0) is 26.6. The number of amides is 2. The number of aromatic nitrogens is 2. The number of alkyl carbamates (subject to hydrolysis) is 1. The summed E-state index contributed by atoms with van der Waals surface area (Å²) in [5, 5.41) is 9.77. The van der Waals surface area contributed by atoms with E-state index in [1.54, 1.807) is 0 Å². The van der Waals surface area contributed by atoms with Crippen LogP contribution in [0.25, 0.3) is 11.5 Å². The highest BCUT2D eigenvalue weighted by atomic mass is 32.2. The summed E-state index contributed by atoms with van der Waals surface area (Å²) in [6.45, 7) is 4.55. The minimum absolute atomic E-state index is 0.391. The molecule has 2 N–H and O–H groups in total. The van der Waals surface area contributed by atoms with Gasteiger partial charge >= 0.3 is 18.2 Å². The number of halogens is 6. The van der Waals surface area contributed by atoms with E-state index in [1.807, 2.05) is 0 Å². The number of sulfone groups is 1. The lowest BCUT2D eigenvalue weighted by molar-refractivity contribution is -0.297. The van der Waals surface area contributed by atoms with E-state index in [0.717, 1.165) is 0 Å². The van der Waals surface area contributed by atoms with E-state index >= 15 is 0 Å². The number of nitrogens with zero attached hydrogens (tertiary/aromatic N) is 2. The monoisotopic (exact) mass is 530 g/mol. The summed E-state index contributed by atoms with van der Waals surface area (Å²) >= 11 is 0. The van der Waals surface area contributed by atoms with Crippen molar-refractivity contribution in [1.82, 2.24) is 15.5 Å². The smallest absolute Gasteiger partial charge is 0.444 e. The molecule has 3 rings (SSSR count). The second kappa shape index (κ2) is 8.39. The van der Waals surface area contributed by atoms with Gasteiger partial charge in [0.25, 0.3) is 11.8 Å². The Labute approximate surface area is 192 Å². The standard InChI is InChI=1S/C18H16F6N4O6S/c1-16(2,3)34-15(30)26-10-6-35(31,32)11-5-8(19)7(4-9(11)25-12(10)29)13-27-28-14(33-13)17(20,21)18(22,23)24/h4-5,10H,6H2,1-3H3,(H,25,29)(H,26,30)/t10-/m0/s1. The summed E-state index contributed by atoms with van der Waals surface area (Å²) in [6, 6.07) is -0.671. The third kappa shape index (κ3) is 5.33. The minimum Gasteiger partial charge on any atom is -0.444 e. The van der Waals surface area contributed by atoms with E-state index in [-0.39, 0.29) is 0 Å². The van der Waals surface area contributed by atoms with Crippen molar-refractivity contribution in [2.75, 3.05) is 11.1 Å². The molecule has 0 saturated heterocycles. The van der Waals surface area contributed by atoms with Gasteiger partial charge in [-0.05, 0) is 32.9 Å². The summed E-state index contributed by atoms with van der Waals surface area (Å²) in [7, 11) is -4.44. The first-order valence-electron chi connectivity index (χ1n) is 9.47. The van der Waals surface area contributed by atoms with Crippen LogP contribution in [0.2, 0.25) is 0 Å². The minimum atomic E-state index is -6.08. The molecule has 0 fully saturated rings. The maximum Gasteiger partial charge on any atom is 0.463 e. The Morgan fingerprint density at radius 3 is 2.37 bits per heavy atom. The molecule has 192 valence electrons. The van der Waals surface area contributed by atoms with Crippen LogP contribution in [-0.4, -0.2) is 54.2 Å². The fraction of sp³-hybridized carbons (Fsp3) is 0.444. The second-order valence-corrected chi connectivity index (χ2v) is 10.3. The molecule has 2 amide bonds. The molecular formula is C18H16F6N4O6S. The molecule has 1 aromatic heterocycles. The van der Waals surface area contributed by atoms with Crippen LogP contribution in [0.1, 0.15) is 26.7 Å². The van der Waals surface area contributed by atoms with Gasteiger partial charge in [-0.1, -0.05) is 0 Å². The molecule has 1 aliphatic heterocycles. The van der Waals surface area contributed by atoms with Crippen LogP contribution in [0.5, 0.6) is 0 Å². The van der Waals surface area contributed by atoms with Crippen LogP contribution >= 0.6 is 0 Å². The van der Waals surface area contributed by atoms with Gasteiger partial charge in [-0.15, -0.1) is 10.2 Å². The van der Waals surface area contributed by atoms with Gasteiger partial charge in [-0.3, -0.25) is 4.79 Å². The fourth-order valence-electron chi connectivity index (χ4n) is 2.82. The van der Waals surface area contributed by atoms with E-state index in [0.29, 0.717) is 12.1 Å². The van der Waals surface area contributed by atoms with Crippen molar-refractivity contribution in [2.45, 2.75) is 49.4 Å². The van der Waals surface area contributed by atoms with Gasteiger partial charge in [0.05, 0.1) is 21.9 Å². The average molecular weight is 530 g/mol. The van der Waals surface area contributed by atoms with Gasteiger partial charge < -0.3 is 19.8 Å². The fourth-order valence-corrected chi connectivity index (χ4v) is 4.40. The van der Waals surface area contributed by atoms with Crippen molar-refractivity contribution in [3.63, 3.8) is 0 Å². The molecule has 0 radical (unpaired) electrons. The van der Waals surface area contributed by atoms with Crippen molar-refractivity contribution in [2.24, 2.45) is 0 Å². The molecule has 35 heavy (non-hydrogen) atoms. The maximum absolute atomic E-state index is 14.7.